The number of hydrogen-bond donors (Lipinski definition) is 0. The maximum Gasteiger partial charge on any atom is 0.138 e. The molecule has 2 aromatic heterocycles. The van der Waals surface area contributed by atoms with Gasteiger partial charge in [0.1, 0.15) is 23.3 Å². The van der Waals surface area contributed by atoms with Gasteiger partial charge in [-0.2, -0.15) is 0 Å². The summed E-state index contributed by atoms with van der Waals surface area (Å²) in [5, 5.41) is 11.1. The summed E-state index contributed by atoms with van der Waals surface area (Å²) in [7, 11) is 0. The minimum Gasteiger partial charge on any atom is -0.489 e. The summed E-state index contributed by atoms with van der Waals surface area (Å²) in [4.78, 5) is 4.09. The lowest BCUT2D eigenvalue weighted by molar-refractivity contribution is 0.167. The molecule has 90 valence electrons. The first-order valence-electron chi connectivity index (χ1n) is 5.06. The van der Waals surface area contributed by atoms with Crippen LogP contribution in [0.2, 0.25) is 0 Å². The highest BCUT2D eigenvalue weighted by Gasteiger charge is 2.22. The van der Waals surface area contributed by atoms with Crippen LogP contribution in [0, 0.1) is 0 Å². The van der Waals surface area contributed by atoms with Crippen LogP contribution in [-0.2, 0) is 5.54 Å². The van der Waals surface area contributed by atoms with E-state index in [1.165, 1.54) is 0 Å². The number of tetrazole rings is 1. The summed E-state index contributed by atoms with van der Waals surface area (Å²) in [6, 6.07) is 3.69. The molecule has 17 heavy (non-hydrogen) atoms. The fourth-order valence-electron chi connectivity index (χ4n) is 1.21. The third kappa shape index (κ3) is 3.00. The molecule has 0 fully saturated rings. The Morgan fingerprint density at radius 2 is 2.24 bits per heavy atom. The first kappa shape index (κ1) is 12.0. The maximum atomic E-state index is 5.65. The molecule has 0 N–H and O–H groups in total. The third-order valence-electron chi connectivity index (χ3n) is 2.26. The van der Waals surface area contributed by atoms with Crippen molar-refractivity contribution in [1.82, 2.24) is 25.2 Å². The molecule has 0 aliphatic heterocycles. The predicted molar refractivity (Wildman–Crippen MR) is 64.6 cm³/mol. The lowest BCUT2D eigenvalue weighted by Gasteiger charge is -2.23. The van der Waals surface area contributed by atoms with Crippen LogP contribution < -0.4 is 4.74 Å². The Hall–Kier alpha value is -1.50. The molecular weight excluding hydrogens is 286 g/mol. The van der Waals surface area contributed by atoms with E-state index < -0.39 is 0 Å². The van der Waals surface area contributed by atoms with Crippen molar-refractivity contribution in [3.63, 3.8) is 0 Å². The average Bonchev–Trinajstić information content (AvgIpc) is 2.82. The predicted octanol–water partition coefficient (Wildman–Crippen LogP) is 1.64. The number of pyridine rings is 1. The van der Waals surface area contributed by atoms with Gasteiger partial charge in [-0.05, 0) is 52.3 Å². The Morgan fingerprint density at radius 3 is 2.82 bits per heavy atom. The highest BCUT2D eigenvalue weighted by atomic mass is 79.9. The summed E-state index contributed by atoms with van der Waals surface area (Å²) in [5.41, 5.74) is -0.309. The molecule has 2 rings (SSSR count). The van der Waals surface area contributed by atoms with Crippen LogP contribution in [0.5, 0.6) is 5.75 Å². The summed E-state index contributed by atoms with van der Waals surface area (Å²) < 4.78 is 8.10. The van der Waals surface area contributed by atoms with Crippen LogP contribution in [-0.4, -0.2) is 31.8 Å². The Bertz CT molecular complexity index is 468. The van der Waals surface area contributed by atoms with E-state index in [0.717, 1.165) is 4.60 Å². The molecule has 0 atom stereocenters. The van der Waals surface area contributed by atoms with Gasteiger partial charge in [-0.1, -0.05) is 0 Å². The third-order valence-corrected chi connectivity index (χ3v) is 2.73. The smallest absolute Gasteiger partial charge is 0.138 e. The van der Waals surface area contributed by atoms with Crippen molar-refractivity contribution in [2.75, 3.05) is 6.61 Å². The fraction of sp³-hybridized carbons (Fsp3) is 0.400. The van der Waals surface area contributed by atoms with Gasteiger partial charge in [0.25, 0.3) is 0 Å². The second-order valence-electron chi connectivity index (χ2n) is 4.17. The summed E-state index contributed by atoms with van der Waals surface area (Å²) in [5.74, 6) is 0.717. The minimum atomic E-state index is -0.309. The molecule has 0 unspecified atom stereocenters. The number of hydrogen-bond acceptors (Lipinski definition) is 5. The molecular formula is C10H12BrN5O. The van der Waals surface area contributed by atoms with E-state index in [1.807, 2.05) is 26.0 Å². The lowest BCUT2D eigenvalue weighted by Crippen LogP contribution is -2.34. The molecule has 0 saturated heterocycles. The first-order chi connectivity index (χ1) is 8.08. The van der Waals surface area contributed by atoms with E-state index in [1.54, 1.807) is 17.2 Å². The van der Waals surface area contributed by atoms with Crippen molar-refractivity contribution in [1.29, 1.82) is 0 Å². The zero-order chi connectivity index (χ0) is 12.3. The van der Waals surface area contributed by atoms with Gasteiger partial charge in [0.2, 0.25) is 0 Å². The molecule has 0 spiro atoms. The fourth-order valence-corrected chi connectivity index (χ4v) is 1.45. The molecule has 0 radical (unpaired) electrons. The molecule has 0 amide bonds. The van der Waals surface area contributed by atoms with Crippen LogP contribution >= 0.6 is 15.9 Å². The Kier molecular flexibility index (Phi) is 3.37. The van der Waals surface area contributed by atoms with Crippen molar-refractivity contribution < 1.29 is 4.74 Å². The van der Waals surface area contributed by atoms with Gasteiger partial charge in [0.15, 0.2) is 0 Å². The molecule has 0 aromatic carbocycles. The van der Waals surface area contributed by atoms with E-state index in [4.69, 9.17) is 4.74 Å². The van der Waals surface area contributed by atoms with Crippen molar-refractivity contribution in [2.45, 2.75) is 19.4 Å². The maximum absolute atomic E-state index is 5.65. The number of halogens is 1. The van der Waals surface area contributed by atoms with E-state index in [2.05, 4.69) is 36.4 Å². The molecule has 7 heteroatoms. The topological polar surface area (TPSA) is 65.7 Å². The average molecular weight is 298 g/mol. The molecule has 0 saturated carbocycles. The number of rotatable bonds is 4. The van der Waals surface area contributed by atoms with Gasteiger partial charge in [0.05, 0.1) is 11.7 Å². The Labute approximate surface area is 107 Å². The molecule has 0 aliphatic rings. The lowest BCUT2D eigenvalue weighted by atomic mass is 10.1. The van der Waals surface area contributed by atoms with Crippen LogP contribution in [0.25, 0.3) is 0 Å². The normalized spacial score (nSPS) is 11.5. The summed E-state index contributed by atoms with van der Waals surface area (Å²) in [6.07, 6.45) is 3.24. The standard InChI is InChI=1S/C10H12BrN5O/c1-10(2,16-7-13-14-15-16)6-17-8-3-4-9(11)12-5-8/h3-5,7H,6H2,1-2H3. The van der Waals surface area contributed by atoms with E-state index >= 15 is 0 Å². The van der Waals surface area contributed by atoms with Crippen LogP contribution in [0.1, 0.15) is 13.8 Å². The highest BCUT2D eigenvalue weighted by molar-refractivity contribution is 9.10. The molecule has 0 aliphatic carbocycles. The van der Waals surface area contributed by atoms with Crippen LogP contribution in [0.4, 0.5) is 0 Å². The second-order valence-corrected chi connectivity index (χ2v) is 4.98. The summed E-state index contributed by atoms with van der Waals surface area (Å²) >= 11 is 3.27. The molecule has 0 bridgehead atoms. The van der Waals surface area contributed by atoms with E-state index in [0.29, 0.717) is 12.4 Å². The molecule has 6 nitrogen and oxygen atoms in total. The van der Waals surface area contributed by atoms with Gasteiger partial charge in [0, 0.05) is 0 Å². The molecule has 2 heterocycles. The zero-order valence-electron chi connectivity index (χ0n) is 9.54. The number of aromatic nitrogens is 5. The van der Waals surface area contributed by atoms with Crippen LogP contribution in [0.3, 0.4) is 0 Å². The second kappa shape index (κ2) is 4.79. The zero-order valence-corrected chi connectivity index (χ0v) is 11.1. The SMILES string of the molecule is CC(C)(COc1ccc(Br)nc1)n1cnnn1. The van der Waals surface area contributed by atoms with E-state index in [-0.39, 0.29) is 5.54 Å². The van der Waals surface area contributed by atoms with Crippen molar-refractivity contribution in [3.05, 3.63) is 29.3 Å². The largest absolute Gasteiger partial charge is 0.489 e. The minimum absolute atomic E-state index is 0.309. The summed E-state index contributed by atoms with van der Waals surface area (Å²) in [6.45, 7) is 4.45. The number of nitrogens with zero attached hydrogens (tertiary/aromatic N) is 5. The van der Waals surface area contributed by atoms with Crippen molar-refractivity contribution in [2.24, 2.45) is 0 Å². The monoisotopic (exact) mass is 297 g/mol. The Balaban J connectivity index is 2.00. The van der Waals surface area contributed by atoms with Crippen LogP contribution in [0.15, 0.2) is 29.3 Å². The quantitative estimate of drug-likeness (QED) is 0.803. The highest BCUT2D eigenvalue weighted by Crippen LogP contribution is 2.17. The van der Waals surface area contributed by atoms with Crippen molar-refractivity contribution >= 4 is 15.9 Å². The van der Waals surface area contributed by atoms with Gasteiger partial charge in [-0.3, -0.25) is 0 Å². The first-order valence-corrected chi connectivity index (χ1v) is 5.85. The van der Waals surface area contributed by atoms with Gasteiger partial charge in [-0.25, -0.2) is 9.67 Å². The molecule has 2 aromatic rings. The number of ether oxygens (including phenoxy) is 1. The van der Waals surface area contributed by atoms with Gasteiger partial charge >= 0.3 is 0 Å². The van der Waals surface area contributed by atoms with Gasteiger partial charge in [-0.15, -0.1) is 5.10 Å². The van der Waals surface area contributed by atoms with Gasteiger partial charge < -0.3 is 4.74 Å². The Morgan fingerprint density at radius 1 is 1.41 bits per heavy atom. The van der Waals surface area contributed by atoms with Crippen molar-refractivity contribution in [3.8, 4) is 5.75 Å². The van der Waals surface area contributed by atoms with E-state index in [9.17, 15) is 0 Å².